The van der Waals surface area contributed by atoms with Crippen molar-refractivity contribution in [2.45, 2.75) is 25.4 Å². The summed E-state index contributed by atoms with van der Waals surface area (Å²) in [5.74, 6) is 1.22. The Balaban J connectivity index is 1.82. The molecule has 3 rings (SSSR count). The molecule has 1 unspecified atom stereocenters. The number of piperidine rings is 1. The topological polar surface area (TPSA) is 56.7 Å². The molecule has 1 aromatic rings. The van der Waals surface area contributed by atoms with Crippen LogP contribution in [0.5, 0.6) is 0 Å². The van der Waals surface area contributed by atoms with Gasteiger partial charge in [0.15, 0.2) is 0 Å². The average molecular weight is 324 g/mol. The third-order valence-electron chi connectivity index (χ3n) is 4.80. The highest BCUT2D eigenvalue weighted by atomic mass is 35.5. The molecule has 5 nitrogen and oxygen atoms in total. The number of halogens is 1. The number of aliphatic hydroxyl groups is 1. The molecule has 22 heavy (non-hydrogen) atoms. The first-order valence-electron chi connectivity index (χ1n) is 7.77. The largest absolute Gasteiger partial charge is 0.392 e. The quantitative estimate of drug-likeness (QED) is 0.905. The SMILES string of the molecule is CN(C)C(=O)c1cnc(N2C[C@H]3CCC[C@@H](C2)C3O)c(Cl)c1. The maximum atomic E-state index is 12.0. The highest BCUT2D eigenvalue weighted by Crippen LogP contribution is 2.37. The van der Waals surface area contributed by atoms with Gasteiger partial charge in [0.1, 0.15) is 5.82 Å². The van der Waals surface area contributed by atoms with Crippen LogP contribution < -0.4 is 4.90 Å². The smallest absolute Gasteiger partial charge is 0.254 e. The number of rotatable bonds is 2. The fraction of sp³-hybridized carbons (Fsp3) is 0.625. The van der Waals surface area contributed by atoms with Gasteiger partial charge in [0.25, 0.3) is 5.91 Å². The number of fused-ring (bicyclic) bond motifs is 2. The third-order valence-corrected chi connectivity index (χ3v) is 5.08. The van der Waals surface area contributed by atoms with Gasteiger partial charge in [-0.1, -0.05) is 18.0 Å². The zero-order valence-corrected chi connectivity index (χ0v) is 13.8. The van der Waals surface area contributed by atoms with Crippen molar-refractivity contribution in [3.63, 3.8) is 0 Å². The second kappa shape index (κ2) is 6.05. The summed E-state index contributed by atoms with van der Waals surface area (Å²) < 4.78 is 0. The van der Waals surface area contributed by atoms with Crippen LogP contribution in [0.1, 0.15) is 29.6 Å². The number of hydrogen-bond acceptors (Lipinski definition) is 4. The second-order valence-corrected chi connectivity index (χ2v) is 6.98. The summed E-state index contributed by atoms with van der Waals surface area (Å²) in [7, 11) is 3.41. The molecule has 1 aliphatic heterocycles. The fourth-order valence-corrected chi connectivity index (χ4v) is 3.91. The van der Waals surface area contributed by atoms with E-state index in [-0.39, 0.29) is 12.0 Å². The van der Waals surface area contributed by atoms with Crippen LogP contribution in [0.2, 0.25) is 5.02 Å². The first kappa shape index (κ1) is 15.6. The van der Waals surface area contributed by atoms with Crippen molar-refractivity contribution in [3.05, 3.63) is 22.8 Å². The molecular formula is C16H22ClN3O2. The molecule has 120 valence electrons. The molecule has 0 radical (unpaired) electrons. The molecule has 0 spiro atoms. The Morgan fingerprint density at radius 2 is 2.00 bits per heavy atom. The minimum Gasteiger partial charge on any atom is -0.392 e. The minimum absolute atomic E-state index is 0.105. The summed E-state index contributed by atoms with van der Waals surface area (Å²) in [5, 5.41) is 10.8. The van der Waals surface area contributed by atoms with Crippen LogP contribution in [0.4, 0.5) is 5.82 Å². The van der Waals surface area contributed by atoms with Gasteiger partial charge in [-0.05, 0) is 18.9 Å². The number of carbonyl (C=O) groups excluding carboxylic acids is 1. The lowest BCUT2D eigenvalue weighted by Crippen LogP contribution is -2.51. The molecule has 1 saturated heterocycles. The predicted molar refractivity (Wildman–Crippen MR) is 86.3 cm³/mol. The number of nitrogens with zero attached hydrogens (tertiary/aromatic N) is 3. The van der Waals surface area contributed by atoms with E-state index >= 15 is 0 Å². The van der Waals surface area contributed by atoms with Crippen molar-refractivity contribution in [1.29, 1.82) is 0 Å². The molecule has 1 aliphatic carbocycles. The van der Waals surface area contributed by atoms with Crippen LogP contribution in [-0.2, 0) is 0 Å². The average Bonchev–Trinajstić information content (AvgIpc) is 2.46. The van der Waals surface area contributed by atoms with Gasteiger partial charge in [0.2, 0.25) is 0 Å². The molecule has 1 saturated carbocycles. The number of aliphatic hydroxyl groups excluding tert-OH is 1. The number of hydrogen-bond donors (Lipinski definition) is 1. The van der Waals surface area contributed by atoms with E-state index in [2.05, 4.69) is 9.88 Å². The zero-order chi connectivity index (χ0) is 15.9. The number of amides is 1. The number of pyridine rings is 1. The molecular weight excluding hydrogens is 302 g/mol. The highest BCUT2D eigenvalue weighted by molar-refractivity contribution is 6.33. The highest BCUT2D eigenvalue weighted by Gasteiger charge is 2.39. The van der Waals surface area contributed by atoms with Gasteiger partial charge < -0.3 is 14.9 Å². The van der Waals surface area contributed by atoms with E-state index in [0.717, 1.165) is 31.7 Å². The van der Waals surface area contributed by atoms with Crippen molar-refractivity contribution in [2.24, 2.45) is 11.8 Å². The second-order valence-electron chi connectivity index (χ2n) is 6.58. The predicted octanol–water partition coefficient (Wildman–Crippen LogP) is 2.03. The first-order chi connectivity index (χ1) is 10.5. The number of carbonyl (C=O) groups is 1. The standard InChI is InChI=1S/C16H22ClN3O2/c1-19(2)16(22)12-6-13(17)15(18-7-12)20-8-10-4-3-5-11(9-20)14(10)21/h6-7,10-11,14,21H,3-5,8-9H2,1-2H3/t10-,11+,14?. The van der Waals surface area contributed by atoms with Gasteiger partial charge in [-0.3, -0.25) is 4.79 Å². The Bertz CT molecular complexity index is 565. The number of anilines is 1. The van der Waals surface area contributed by atoms with E-state index < -0.39 is 0 Å². The lowest BCUT2D eigenvalue weighted by atomic mass is 9.75. The summed E-state index contributed by atoms with van der Waals surface area (Å²) in [6, 6.07) is 1.69. The summed E-state index contributed by atoms with van der Waals surface area (Å²) in [6.07, 6.45) is 4.70. The van der Waals surface area contributed by atoms with Gasteiger partial charge in [-0.25, -0.2) is 4.98 Å². The van der Waals surface area contributed by atoms with Crippen LogP contribution in [0, 0.1) is 11.8 Å². The molecule has 1 N–H and O–H groups in total. The van der Waals surface area contributed by atoms with E-state index in [9.17, 15) is 9.90 Å². The van der Waals surface area contributed by atoms with E-state index in [0.29, 0.717) is 22.4 Å². The molecule has 1 aromatic heterocycles. The lowest BCUT2D eigenvalue weighted by molar-refractivity contribution is 0.00580. The minimum atomic E-state index is -0.196. The van der Waals surface area contributed by atoms with E-state index in [1.165, 1.54) is 11.3 Å². The summed E-state index contributed by atoms with van der Waals surface area (Å²) >= 11 is 6.37. The summed E-state index contributed by atoms with van der Waals surface area (Å²) in [5.41, 5.74) is 0.496. The molecule has 2 aliphatic rings. The van der Waals surface area contributed by atoms with E-state index in [1.807, 2.05) is 0 Å². The van der Waals surface area contributed by atoms with Crippen LogP contribution in [0.15, 0.2) is 12.3 Å². The van der Waals surface area contributed by atoms with Gasteiger partial charge in [0.05, 0.1) is 16.7 Å². The van der Waals surface area contributed by atoms with Gasteiger partial charge in [0, 0.05) is 45.2 Å². The molecule has 2 heterocycles. The van der Waals surface area contributed by atoms with Crippen LogP contribution in [-0.4, -0.2) is 54.2 Å². The van der Waals surface area contributed by atoms with Gasteiger partial charge in [-0.2, -0.15) is 0 Å². The van der Waals surface area contributed by atoms with Gasteiger partial charge in [-0.15, -0.1) is 0 Å². The molecule has 3 atom stereocenters. The van der Waals surface area contributed by atoms with Crippen LogP contribution >= 0.6 is 11.6 Å². The Hall–Kier alpha value is -1.33. The van der Waals surface area contributed by atoms with Crippen molar-refractivity contribution < 1.29 is 9.90 Å². The Morgan fingerprint density at radius 3 is 2.55 bits per heavy atom. The normalized spacial score (nSPS) is 27.6. The third kappa shape index (κ3) is 2.79. The van der Waals surface area contributed by atoms with Crippen molar-refractivity contribution >= 4 is 23.3 Å². The van der Waals surface area contributed by atoms with E-state index in [1.54, 1.807) is 26.4 Å². The fourth-order valence-electron chi connectivity index (χ4n) is 3.62. The first-order valence-corrected chi connectivity index (χ1v) is 8.15. The zero-order valence-electron chi connectivity index (χ0n) is 13.0. The molecule has 0 aromatic carbocycles. The van der Waals surface area contributed by atoms with Crippen molar-refractivity contribution in [1.82, 2.24) is 9.88 Å². The van der Waals surface area contributed by atoms with Crippen LogP contribution in [0.3, 0.4) is 0 Å². The van der Waals surface area contributed by atoms with Crippen LogP contribution in [0.25, 0.3) is 0 Å². The lowest BCUT2D eigenvalue weighted by Gasteiger charge is -2.45. The van der Waals surface area contributed by atoms with E-state index in [4.69, 9.17) is 11.6 Å². The maximum Gasteiger partial charge on any atom is 0.254 e. The van der Waals surface area contributed by atoms with Crippen molar-refractivity contribution in [2.75, 3.05) is 32.1 Å². The summed E-state index contributed by atoms with van der Waals surface area (Å²) in [6.45, 7) is 1.57. The molecule has 2 bridgehead atoms. The monoisotopic (exact) mass is 323 g/mol. The Kier molecular flexibility index (Phi) is 4.28. The van der Waals surface area contributed by atoms with Gasteiger partial charge >= 0.3 is 0 Å². The molecule has 1 amide bonds. The Morgan fingerprint density at radius 1 is 1.36 bits per heavy atom. The summed E-state index contributed by atoms with van der Waals surface area (Å²) in [4.78, 5) is 20.1. The van der Waals surface area contributed by atoms with Crippen molar-refractivity contribution in [3.8, 4) is 0 Å². The molecule has 6 heteroatoms. The number of aromatic nitrogens is 1. The Labute approximate surface area is 135 Å². The maximum absolute atomic E-state index is 12.0. The molecule has 2 fully saturated rings.